The molecule has 2 heterocycles. The van der Waals surface area contributed by atoms with Gasteiger partial charge in [0.05, 0.1) is 6.04 Å². The second-order valence-electron chi connectivity index (χ2n) is 3.38. The van der Waals surface area contributed by atoms with Crippen LogP contribution in [-0.4, -0.2) is 35.8 Å². The zero-order valence-electron chi connectivity index (χ0n) is 7.32. The van der Waals surface area contributed by atoms with Crippen LogP contribution in [-0.2, 0) is 9.59 Å². The molecule has 0 saturated carbocycles. The third kappa shape index (κ3) is 1.49. The van der Waals surface area contributed by atoms with Crippen molar-refractivity contribution in [1.29, 1.82) is 0 Å². The lowest BCUT2D eigenvalue weighted by Gasteiger charge is -2.29. The van der Waals surface area contributed by atoms with E-state index in [4.69, 9.17) is 0 Å². The van der Waals surface area contributed by atoms with Crippen LogP contribution in [0.5, 0.6) is 0 Å². The van der Waals surface area contributed by atoms with Crippen molar-refractivity contribution in [2.45, 2.75) is 18.9 Å². The lowest BCUT2D eigenvalue weighted by molar-refractivity contribution is -0.139. The van der Waals surface area contributed by atoms with Crippen LogP contribution in [0.4, 0.5) is 0 Å². The van der Waals surface area contributed by atoms with Crippen LogP contribution in [0, 0.1) is 0 Å². The standard InChI is InChI=1S/C9H12N2O2/c12-8-3-4-9(13)11(8)7-2-1-5-10-6-7/h3-4,7,10H,1-2,5-6H2. The molecule has 1 unspecified atom stereocenters. The molecule has 2 aliphatic heterocycles. The number of hydrogen-bond acceptors (Lipinski definition) is 3. The normalized spacial score (nSPS) is 28.6. The Hall–Kier alpha value is -1.16. The fourth-order valence-corrected chi connectivity index (χ4v) is 1.83. The highest BCUT2D eigenvalue weighted by molar-refractivity contribution is 6.13. The van der Waals surface area contributed by atoms with E-state index in [1.165, 1.54) is 17.1 Å². The van der Waals surface area contributed by atoms with Gasteiger partial charge in [-0.25, -0.2) is 0 Å². The minimum atomic E-state index is -0.168. The maximum atomic E-state index is 11.3. The van der Waals surface area contributed by atoms with Crippen molar-refractivity contribution in [2.24, 2.45) is 0 Å². The van der Waals surface area contributed by atoms with E-state index in [1.54, 1.807) is 0 Å². The highest BCUT2D eigenvalue weighted by Crippen LogP contribution is 2.15. The van der Waals surface area contributed by atoms with Crippen LogP contribution in [0.3, 0.4) is 0 Å². The van der Waals surface area contributed by atoms with Gasteiger partial charge in [0, 0.05) is 18.7 Å². The van der Waals surface area contributed by atoms with Crippen LogP contribution >= 0.6 is 0 Å². The lowest BCUT2D eigenvalue weighted by atomic mass is 10.1. The van der Waals surface area contributed by atoms with E-state index in [1.807, 2.05) is 0 Å². The van der Waals surface area contributed by atoms with Gasteiger partial charge in [0.15, 0.2) is 0 Å². The zero-order valence-corrected chi connectivity index (χ0v) is 7.32. The topological polar surface area (TPSA) is 49.4 Å². The Balaban J connectivity index is 2.07. The quantitative estimate of drug-likeness (QED) is 0.562. The fraction of sp³-hybridized carbons (Fsp3) is 0.556. The highest BCUT2D eigenvalue weighted by atomic mass is 16.2. The molecule has 70 valence electrons. The largest absolute Gasteiger partial charge is 0.315 e. The minimum absolute atomic E-state index is 0.0590. The first-order valence-electron chi connectivity index (χ1n) is 4.55. The fourth-order valence-electron chi connectivity index (χ4n) is 1.83. The van der Waals surface area contributed by atoms with E-state index in [2.05, 4.69) is 5.32 Å². The molecule has 0 aliphatic carbocycles. The molecule has 0 aromatic carbocycles. The summed E-state index contributed by atoms with van der Waals surface area (Å²) in [6, 6.07) is 0.0590. The number of nitrogens with zero attached hydrogens (tertiary/aromatic N) is 1. The summed E-state index contributed by atoms with van der Waals surface area (Å²) in [5.41, 5.74) is 0. The summed E-state index contributed by atoms with van der Waals surface area (Å²) in [6.07, 6.45) is 4.64. The first-order chi connectivity index (χ1) is 6.29. The number of carbonyl (C=O) groups is 2. The molecule has 1 atom stereocenters. The maximum Gasteiger partial charge on any atom is 0.253 e. The molecular formula is C9H12N2O2. The number of amides is 2. The molecule has 0 bridgehead atoms. The van der Waals surface area contributed by atoms with E-state index < -0.39 is 0 Å². The van der Waals surface area contributed by atoms with E-state index in [-0.39, 0.29) is 17.9 Å². The zero-order chi connectivity index (χ0) is 9.26. The summed E-state index contributed by atoms with van der Waals surface area (Å²) in [5.74, 6) is -0.336. The molecule has 0 aromatic rings. The predicted octanol–water partition coefficient (Wildman–Crippen LogP) is -0.337. The van der Waals surface area contributed by atoms with Gasteiger partial charge in [-0.15, -0.1) is 0 Å². The van der Waals surface area contributed by atoms with Crippen molar-refractivity contribution < 1.29 is 9.59 Å². The van der Waals surface area contributed by atoms with Gasteiger partial charge in [0.2, 0.25) is 0 Å². The van der Waals surface area contributed by atoms with Crippen LogP contribution < -0.4 is 5.32 Å². The first kappa shape index (κ1) is 8.44. The smallest absolute Gasteiger partial charge is 0.253 e. The number of imide groups is 1. The summed E-state index contributed by atoms with van der Waals surface area (Å²) < 4.78 is 0. The molecule has 2 aliphatic rings. The third-order valence-electron chi connectivity index (χ3n) is 2.48. The second kappa shape index (κ2) is 3.30. The van der Waals surface area contributed by atoms with Crippen molar-refractivity contribution in [3.05, 3.63) is 12.2 Å². The van der Waals surface area contributed by atoms with E-state index >= 15 is 0 Å². The lowest BCUT2D eigenvalue weighted by Crippen LogP contribution is -2.48. The average Bonchev–Trinajstić information content (AvgIpc) is 2.48. The molecule has 4 nitrogen and oxygen atoms in total. The number of piperidine rings is 1. The van der Waals surface area contributed by atoms with Gasteiger partial charge < -0.3 is 5.32 Å². The molecule has 13 heavy (non-hydrogen) atoms. The van der Waals surface area contributed by atoms with Gasteiger partial charge in [0.1, 0.15) is 0 Å². The third-order valence-corrected chi connectivity index (χ3v) is 2.48. The molecule has 0 spiro atoms. The molecule has 2 rings (SSSR count). The van der Waals surface area contributed by atoms with Crippen LogP contribution in [0.2, 0.25) is 0 Å². The summed E-state index contributed by atoms with van der Waals surface area (Å²) in [4.78, 5) is 23.9. The van der Waals surface area contributed by atoms with Gasteiger partial charge in [0.25, 0.3) is 11.8 Å². The average molecular weight is 180 g/mol. The van der Waals surface area contributed by atoms with Gasteiger partial charge in [-0.1, -0.05) is 0 Å². The number of rotatable bonds is 1. The van der Waals surface area contributed by atoms with Gasteiger partial charge in [-0.2, -0.15) is 0 Å². The van der Waals surface area contributed by atoms with Crippen molar-refractivity contribution in [3.8, 4) is 0 Å². The Morgan fingerprint density at radius 3 is 2.54 bits per heavy atom. The molecule has 1 N–H and O–H groups in total. The van der Waals surface area contributed by atoms with Crippen molar-refractivity contribution in [3.63, 3.8) is 0 Å². The number of hydrogen-bond donors (Lipinski definition) is 1. The van der Waals surface area contributed by atoms with Crippen molar-refractivity contribution in [1.82, 2.24) is 10.2 Å². The molecule has 0 aromatic heterocycles. The van der Waals surface area contributed by atoms with Gasteiger partial charge in [-0.05, 0) is 19.4 Å². The summed E-state index contributed by atoms with van der Waals surface area (Å²) in [6.45, 7) is 1.72. The Kier molecular flexibility index (Phi) is 2.14. The van der Waals surface area contributed by atoms with Crippen molar-refractivity contribution in [2.75, 3.05) is 13.1 Å². The van der Waals surface area contributed by atoms with Gasteiger partial charge >= 0.3 is 0 Å². The highest BCUT2D eigenvalue weighted by Gasteiger charge is 2.31. The molecule has 1 fully saturated rings. The number of carbonyl (C=O) groups excluding carboxylic acids is 2. The van der Waals surface area contributed by atoms with E-state index in [9.17, 15) is 9.59 Å². The maximum absolute atomic E-state index is 11.3. The number of nitrogens with one attached hydrogen (secondary N) is 1. The SMILES string of the molecule is O=C1C=CC(=O)N1C1CCCNC1. The second-order valence-corrected chi connectivity index (χ2v) is 3.38. The molecule has 0 radical (unpaired) electrons. The summed E-state index contributed by atoms with van der Waals surface area (Å²) >= 11 is 0. The summed E-state index contributed by atoms with van der Waals surface area (Å²) in [5, 5.41) is 3.18. The Bertz CT molecular complexity index is 249. The monoisotopic (exact) mass is 180 g/mol. The molecule has 2 amide bonds. The molecule has 1 saturated heterocycles. The predicted molar refractivity (Wildman–Crippen MR) is 46.9 cm³/mol. The van der Waals surface area contributed by atoms with Crippen LogP contribution in [0.15, 0.2) is 12.2 Å². The van der Waals surface area contributed by atoms with E-state index in [0.717, 1.165) is 25.9 Å². The summed E-state index contributed by atoms with van der Waals surface area (Å²) in [7, 11) is 0. The molecular weight excluding hydrogens is 168 g/mol. The van der Waals surface area contributed by atoms with Crippen molar-refractivity contribution >= 4 is 11.8 Å². The van der Waals surface area contributed by atoms with E-state index in [0.29, 0.717) is 0 Å². The van der Waals surface area contributed by atoms with Crippen LogP contribution in [0.25, 0.3) is 0 Å². The molecule has 4 heteroatoms. The first-order valence-corrected chi connectivity index (χ1v) is 4.55. The Morgan fingerprint density at radius 1 is 1.31 bits per heavy atom. The minimum Gasteiger partial charge on any atom is -0.315 e. The van der Waals surface area contributed by atoms with Gasteiger partial charge in [-0.3, -0.25) is 14.5 Å². The Labute approximate surface area is 76.6 Å². The van der Waals surface area contributed by atoms with Crippen LogP contribution in [0.1, 0.15) is 12.8 Å². The Morgan fingerprint density at radius 2 is 2.00 bits per heavy atom.